The van der Waals surface area contributed by atoms with Gasteiger partial charge in [-0.3, -0.25) is 0 Å². The van der Waals surface area contributed by atoms with E-state index in [0.29, 0.717) is 16.5 Å². The molecule has 0 radical (unpaired) electrons. The summed E-state index contributed by atoms with van der Waals surface area (Å²) >= 11 is 0. The molecule has 27 heavy (non-hydrogen) atoms. The lowest BCUT2D eigenvalue weighted by atomic mass is 10.0. The van der Waals surface area contributed by atoms with Gasteiger partial charge in [-0.05, 0) is 43.2 Å². The van der Waals surface area contributed by atoms with E-state index in [-0.39, 0.29) is 17.9 Å². The van der Waals surface area contributed by atoms with Crippen LogP contribution in [0.5, 0.6) is 5.75 Å². The molecule has 5 nitrogen and oxygen atoms in total. The number of carbonyl (C=O) groups is 1. The average Bonchev–Trinajstić information content (AvgIpc) is 2.62. The third-order valence-corrected chi connectivity index (χ3v) is 4.17. The Morgan fingerprint density at radius 3 is 2.67 bits per heavy atom. The van der Waals surface area contributed by atoms with Crippen LogP contribution in [0.15, 0.2) is 51.7 Å². The van der Waals surface area contributed by atoms with Crippen LogP contribution in [-0.2, 0) is 11.3 Å². The third-order valence-electron chi connectivity index (χ3n) is 4.17. The van der Waals surface area contributed by atoms with Gasteiger partial charge in [0.1, 0.15) is 17.9 Å². The van der Waals surface area contributed by atoms with Gasteiger partial charge in [0.25, 0.3) is 0 Å². The maximum absolute atomic E-state index is 12.3. The summed E-state index contributed by atoms with van der Waals surface area (Å²) in [5.74, 6) is -0.865. The van der Waals surface area contributed by atoms with Crippen molar-refractivity contribution in [2.75, 3.05) is 0 Å². The normalized spacial score (nSPS) is 11.0. The number of ether oxygens (including phenoxy) is 2. The number of hydrogen-bond donors (Lipinski definition) is 0. The van der Waals surface area contributed by atoms with E-state index in [1.165, 1.54) is 30.3 Å². The molecule has 0 spiro atoms. The summed E-state index contributed by atoms with van der Waals surface area (Å²) in [5.41, 5.74) is 2.26. The lowest BCUT2D eigenvalue weighted by Gasteiger charge is -2.10. The van der Waals surface area contributed by atoms with Crippen LogP contribution in [-0.4, -0.2) is 12.6 Å². The Balaban J connectivity index is 1.84. The van der Waals surface area contributed by atoms with E-state index in [4.69, 9.17) is 9.15 Å². The monoisotopic (exact) mass is 374 g/mol. The molecule has 0 amide bonds. The molecular weight excluding hydrogens is 358 g/mol. The molecule has 3 aromatic rings. The summed E-state index contributed by atoms with van der Waals surface area (Å²) in [6, 6.07) is 10.2. The van der Waals surface area contributed by atoms with Gasteiger partial charge < -0.3 is 13.9 Å². The second-order valence-electron chi connectivity index (χ2n) is 5.96. The zero-order valence-electron chi connectivity index (χ0n) is 14.6. The quantitative estimate of drug-likeness (QED) is 0.490. The number of fused-ring (bicyclic) bond motifs is 1. The Labute approximate surface area is 153 Å². The smallest absolute Gasteiger partial charge is 0.387 e. The lowest BCUT2D eigenvalue weighted by molar-refractivity contribution is -0.0499. The topological polar surface area (TPSA) is 65.7 Å². The molecule has 0 bridgehead atoms. The van der Waals surface area contributed by atoms with Crippen LogP contribution in [0, 0.1) is 13.8 Å². The van der Waals surface area contributed by atoms with Gasteiger partial charge in [0, 0.05) is 17.0 Å². The van der Waals surface area contributed by atoms with Crippen LogP contribution in [0.2, 0.25) is 0 Å². The van der Waals surface area contributed by atoms with Crippen LogP contribution >= 0.6 is 0 Å². The number of carbonyl (C=O) groups excluding carboxylic acids is 1. The first-order chi connectivity index (χ1) is 12.8. The standard InChI is InChI=1S/C20H16F2O5/c1-11-6-7-16-14(9-17(23)27-18(16)12(11)2)10-25-19(24)13-4-3-5-15(8-13)26-20(21)22/h3-9,20H,10H2,1-2H3. The fourth-order valence-electron chi connectivity index (χ4n) is 2.67. The summed E-state index contributed by atoms with van der Waals surface area (Å²) in [4.78, 5) is 24.1. The zero-order chi connectivity index (χ0) is 19.6. The van der Waals surface area contributed by atoms with E-state index < -0.39 is 18.2 Å². The zero-order valence-corrected chi connectivity index (χ0v) is 14.6. The van der Waals surface area contributed by atoms with Crippen molar-refractivity contribution < 1.29 is 27.5 Å². The first-order valence-electron chi connectivity index (χ1n) is 8.10. The van der Waals surface area contributed by atoms with Crippen LogP contribution in [0.3, 0.4) is 0 Å². The van der Waals surface area contributed by atoms with Crippen LogP contribution < -0.4 is 10.4 Å². The number of hydrogen-bond acceptors (Lipinski definition) is 5. The Morgan fingerprint density at radius 1 is 1.15 bits per heavy atom. The Hall–Kier alpha value is -3.22. The third kappa shape index (κ3) is 4.13. The molecule has 0 saturated carbocycles. The van der Waals surface area contributed by atoms with E-state index in [2.05, 4.69) is 4.74 Å². The van der Waals surface area contributed by atoms with Crippen LogP contribution in [0.25, 0.3) is 11.0 Å². The van der Waals surface area contributed by atoms with Gasteiger partial charge in [-0.15, -0.1) is 0 Å². The van der Waals surface area contributed by atoms with Crippen molar-refractivity contribution in [1.29, 1.82) is 0 Å². The molecule has 0 atom stereocenters. The molecule has 0 unspecified atom stereocenters. The number of aryl methyl sites for hydroxylation is 2. The van der Waals surface area contributed by atoms with Crippen LogP contribution in [0.4, 0.5) is 8.78 Å². The van der Waals surface area contributed by atoms with Crippen molar-refractivity contribution >= 4 is 16.9 Å². The van der Waals surface area contributed by atoms with Crippen molar-refractivity contribution in [3.05, 3.63) is 75.1 Å². The molecule has 3 rings (SSSR count). The second kappa shape index (κ2) is 7.57. The summed E-state index contributed by atoms with van der Waals surface area (Å²) in [6.45, 7) is 0.586. The summed E-state index contributed by atoms with van der Waals surface area (Å²) < 4.78 is 39.4. The molecule has 0 fully saturated rings. The molecule has 1 aromatic heterocycles. The van der Waals surface area contributed by atoms with E-state index in [1.54, 1.807) is 6.07 Å². The fraction of sp³-hybridized carbons (Fsp3) is 0.200. The van der Waals surface area contributed by atoms with Gasteiger partial charge in [-0.2, -0.15) is 8.78 Å². The predicted octanol–water partition coefficient (Wildman–Crippen LogP) is 4.37. The highest BCUT2D eigenvalue weighted by atomic mass is 19.3. The summed E-state index contributed by atoms with van der Waals surface area (Å²) in [5, 5.41) is 0.667. The maximum atomic E-state index is 12.3. The van der Waals surface area contributed by atoms with E-state index in [1.807, 2.05) is 19.9 Å². The number of halogens is 2. The molecule has 1 heterocycles. The minimum Gasteiger partial charge on any atom is -0.457 e. The summed E-state index contributed by atoms with van der Waals surface area (Å²) in [6.07, 6.45) is 0. The van der Waals surface area contributed by atoms with Crippen molar-refractivity contribution in [2.24, 2.45) is 0 Å². The Bertz CT molecular complexity index is 1060. The highest BCUT2D eigenvalue weighted by Gasteiger charge is 2.14. The number of esters is 1. The SMILES string of the molecule is Cc1ccc2c(COC(=O)c3cccc(OC(F)F)c3)cc(=O)oc2c1C. The Morgan fingerprint density at radius 2 is 1.93 bits per heavy atom. The van der Waals surface area contributed by atoms with Crippen molar-refractivity contribution in [1.82, 2.24) is 0 Å². The fourth-order valence-corrected chi connectivity index (χ4v) is 2.67. The first-order valence-corrected chi connectivity index (χ1v) is 8.10. The molecular formula is C20H16F2O5. The van der Waals surface area contributed by atoms with Gasteiger partial charge in [0.2, 0.25) is 0 Å². The number of alkyl halides is 2. The van der Waals surface area contributed by atoms with Gasteiger partial charge >= 0.3 is 18.2 Å². The van der Waals surface area contributed by atoms with Gasteiger partial charge in [0.15, 0.2) is 0 Å². The first kappa shape index (κ1) is 18.6. The predicted molar refractivity (Wildman–Crippen MR) is 94.2 cm³/mol. The van der Waals surface area contributed by atoms with E-state index >= 15 is 0 Å². The van der Waals surface area contributed by atoms with Gasteiger partial charge in [-0.25, -0.2) is 9.59 Å². The largest absolute Gasteiger partial charge is 0.457 e. The van der Waals surface area contributed by atoms with Crippen molar-refractivity contribution in [2.45, 2.75) is 27.1 Å². The van der Waals surface area contributed by atoms with Crippen LogP contribution in [0.1, 0.15) is 27.0 Å². The van der Waals surface area contributed by atoms with E-state index in [9.17, 15) is 18.4 Å². The molecule has 0 N–H and O–H groups in total. The molecule has 0 saturated heterocycles. The van der Waals surface area contributed by atoms with Crippen molar-refractivity contribution in [3.63, 3.8) is 0 Å². The Kier molecular flexibility index (Phi) is 5.21. The molecule has 0 aliphatic carbocycles. The van der Waals surface area contributed by atoms with E-state index in [0.717, 1.165) is 11.1 Å². The maximum Gasteiger partial charge on any atom is 0.387 e. The average molecular weight is 374 g/mol. The highest BCUT2D eigenvalue weighted by Crippen LogP contribution is 2.24. The minimum absolute atomic E-state index is 0.0625. The molecule has 140 valence electrons. The second-order valence-corrected chi connectivity index (χ2v) is 5.96. The molecule has 0 aliphatic heterocycles. The highest BCUT2D eigenvalue weighted by molar-refractivity contribution is 5.90. The summed E-state index contributed by atoms with van der Waals surface area (Å²) in [7, 11) is 0. The molecule has 7 heteroatoms. The number of benzene rings is 2. The van der Waals surface area contributed by atoms with Crippen molar-refractivity contribution in [3.8, 4) is 5.75 Å². The minimum atomic E-state index is -2.99. The van der Waals surface area contributed by atoms with Gasteiger partial charge in [0.05, 0.1) is 5.56 Å². The number of rotatable bonds is 5. The molecule has 2 aromatic carbocycles. The lowest BCUT2D eigenvalue weighted by Crippen LogP contribution is -2.09. The van der Waals surface area contributed by atoms with Gasteiger partial charge in [-0.1, -0.05) is 18.2 Å². The molecule has 0 aliphatic rings.